The van der Waals surface area contributed by atoms with E-state index in [-0.39, 0.29) is 22.0 Å². The lowest BCUT2D eigenvalue weighted by atomic mass is 9.92. The summed E-state index contributed by atoms with van der Waals surface area (Å²) in [4.78, 5) is 28.6. The van der Waals surface area contributed by atoms with Crippen molar-refractivity contribution in [2.24, 2.45) is 0 Å². The zero-order valence-corrected chi connectivity index (χ0v) is 19.9. The van der Waals surface area contributed by atoms with Gasteiger partial charge in [0, 0.05) is 35.2 Å². The number of methoxy groups -OCH3 is 1. The molecule has 1 heterocycles. The molecule has 202 valence electrons. The molecule has 6 nitrogen and oxygen atoms in total. The van der Waals surface area contributed by atoms with Crippen molar-refractivity contribution in [3.63, 3.8) is 0 Å². The summed E-state index contributed by atoms with van der Waals surface area (Å²) in [7, 11) is 1.08. The van der Waals surface area contributed by atoms with E-state index in [0.29, 0.717) is 6.07 Å². The number of rotatable bonds is 7. The van der Waals surface area contributed by atoms with E-state index < -0.39 is 70.4 Å². The van der Waals surface area contributed by atoms with Crippen LogP contribution in [0.5, 0.6) is 5.75 Å². The second kappa shape index (κ2) is 10.6. The lowest BCUT2D eigenvalue weighted by Crippen LogP contribution is -2.43. The number of hydrogen-bond donors (Lipinski definition) is 2. The zero-order valence-electron chi connectivity index (χ0n) is 19.9. The van der Waals surface area contributed by atoms with Gasteiger partial charge in [-0.05, 0) is 29.8 Å². The van der Waals surface area contributed by atoms with Gasteiger partial charge in [-0.2, -0.15) is 13.2 Å². The Morgan fingerprint density at radius 2 is 1.72 bits per heavy atom. The largest absolute Gasteiger partial charge is 0.496 e. The lowest BCUT2D eigenvalue weighted by Gasteiger charge is -2.20. The van der Waals surface area contributed by atoms with E-state index in [4.69, 9.17) is 4.74 Å². The summed E-state index contributed by atoms with van der Waals surface area (Å²) in [6.45, 7) is 0. The third-order valence-electron chi connectivity index (χ3n) is 5.94. The number of carbonyl (C=O) groups excluding carboxylic acids is 1. The van der Waals surface area contributed by atoms with Crippen LogP contribution in [0, 0.1) is 17.5 Å². The molecule has 0 saturated carbocycles. The van der Waals surface area contributed by atoms with Crippen LogP contribution in [0.2, 0.25) is 0 Å². The van der Waals surface area contributed by atoms with Gasteiger partial charge in [0.25, 0.3) is 5.91 Å². The molecule has 0 aliphatic heterocycles. The molecule has 0 bridgehead atoms. The molecule has 12 heteroatoms. The van der Waals surface area contributed by atoms with Gasteiger partial charge in [0.2, 0.25) is 0 Å². The minimum atomic E-state index is -4.95. The lowest BCUT2D eigenvalue weighted by molar-refractivity contribution is -0.139. The number of carboxylic acids is 1. The maximum atomic E-state index is 14.0. The molecule has 0 fully saturated rings. The van der Waals surface area contributed by atoms with Crippen molar-refractivity contribution in [1.29, 1.82) is 0 Å². The maximum Gasteiger partial charge on any atom is 0.417 e. The topological polar surface area (TPSA) is 88.5 Å². The molecule has 0 radical (unpaired) electrons. The molecule has 3 aromatic carbocycles. The van der Waals surface area contributed by atoms with Crippen LogP contribution in [-0.4, -0.2) is 35.1 Å². The fourth-order valence-corrected chi connectivity index (χ4v) is 4.22. The number of aromatic nitrogens is 1. The molecular formula is C27H18F6N2O4. The number of ether oxygens (including phenoxy) is 1. The van der Waals surface area contributed by atoms with Crippen LogP contribution < -0.4 is 10.1 Å². The molecule has 4 rings (SSSR count). The summed E-state index contributed by atoms with van der Waals surface area (Å²) in [5.74, 6) is -6.77. The highest BCUT2D eigenvalue weighted by molar-refractivity contribution is 5.99. The van der Waals surface area contributed by atoms with Gasteiger partial charge in [-0.1, -0.05) is 24.3 Å². The Bertz CT molecular complexity index is 1570. The number of alkyl halides is 3. The van der Waals surface area contributed by atoms with Crippen LogP contribution >= 0.6 is 0 Å². The summed E-state index contributed by atoms with van der Waals surface area (Å²) in [5.41, 5.74) is -2.54. The maximum absolute atomic E-state index is 14.0. The Morgan fingerprint density at radius 3 is 2.33 bits per heavy atom. The van der Waals surface area contributed by atoms with Gasteiger partial charge >= 0.3 is 12.1 Å². The summed E-state index contributed by atoms with van der Waals surface area (Å²) in [6.07, 6.45) is -4.06. The number of amides is 1. The number of halogens is 6. The van der Waals surface area contributed by atoms with Crippen LogP contribution in [0.25, 0.3) is 22.0 Å². The van der Waals surface area contributed by atoms with Gasteiger partial charge in [0.05, 0.1) is 18.2 Å². The van der Waals surface area contributed by atoms with E-state index in [1.165, 1.54) is 30.5 Å². The highest BCUT2D eigenvalue weighted by atomic mass is 19.4. The van der Waals surface area contributed by atoms with Crippen molar-refractivity contribution >= 4 is 22.8 Å². The third kappa shape index (κ3) is 5.49. The Labute approximate surface area is 216 Å². The van der Waals surface area contributed by atoms with Crippen molar-refractivity contribution in [3.8, 4) is 16.9 Å². The van der Waals surface area contributed by atoms with Gasteiger partial charge in [-0.3, -0.25) is 9.78 Å². The van der Waals surface area contributed by atoms with E-state index >= 15 is 0 Å². The number of fused-ring (bicyclic) bond motifs is 1. The van der Waals surface area contributed by atoms with Crippen LogP contribution in [0.1, 0.15) is 21.5 Å². The first kappa shape index (κ1) is 27.4. The van der Waals surface area contributed by atoms with Crippen LogP contribution in [0.3, 0.4) is 0 Å². The molecule has 0 aliphatic carbocycles. The highest BCUT2D eigenvalue weighted by Crippen LogP contribution is 2.45. The number of carboxylic acid groups (broad SMARTS) is 1. The standard InChI is InChI=1S/C27H18F6N2O4/c1-39-21-12-14(28)11-17(27(31,32)33)22(21)16-8-7-13(15-4-3-9-34-24(15)16)10-20(26(37)38)35-25(36)23-18(29)5-2-6-19(23)30/h2-9,11-12,20H,10H2,1H3,(H,35,36)(H,37,38). The predicted molar refractivity (Wildman–Crippen MR) is 128 cm³/mol. The second-order valence-electron chi connectivity index (χ2n) is 8.37. The van der Waals surface area contributed by atoms with Gasteiger partial charge < -0.3 is 15.2 Å². The number of carbonyl (C=O) groups is 2. The first-order chi connectivity index (χ1) is 18.4. The molecule has 1 unspecified atom stereocenters. The van der Waals surface area contributed by atoms with E-state index in [0.717, 1.165) is 31.4 Å². The SMILES string of the molecule is COc1cc(F)cc(C(F)(F)F)c1-c1ccc(CC(NC(=O)c2c(F)cccc2F)C(=O)O)c2cccnc12. The van der Waals surface area contributed by atoms with Crippen LogP contribution in [-0.2, 0) is 17.4 Å². The highest BCUT2D eigenvalue weighted by Gasteiger charge is 2.37. The number of pyridine rings is 1. The van der Waals surface area contributed by atoms with Crippen molar-refractivity contribution in [2.45, 2.75) is 18.6 Å². The van der Waals surface area contributed by atoms with Crippen LogP contribution in [0.15, 0.2) is 60.8 Å². The fraction of sp³-hybridized carbons (Fsp3) is 0.148. The molecule has 0 saturated heterocycles. The Morgan fingerprint density at radius 1 is 1.03 bits per heavy atom. The van der Waals surface area contributed by atoms with E-state index in [2.05, 4.69) is 10.3 Å². The summed E-state index contributed by atoms with van der Waals surface area (Å²) in [5, 5.41) is 12.0. The van der Waals surface area contributed by atoms with E-state index in [9.17, 15) is 41.0 Å². The van der Waals surface area contributed by atoms with Crippen molar-refractivity contribution < 1.29 is 45.8 Å². The molecule has 1 atom stereocenters. The molecule has 0 aliphatic rings. The average Bonchev–Trinajstić information content (AvgIpc) is 2.87. The Balaban J connectivity index is 1.80. The molecule has 39 heavy (non-hydrogen) atoms. The monoisotopic (exact) mass is 548 g/mol. The molecular weight excluding hydrogens is 530 g/mol. The van der Waals surface area contributed by atoms with Crippen molar-refractivity contribution in [1.82, 2.24) is 10.3 Å². The number of nitrogens with one attached hydrogen (secondary N) is 1. The second-order valence-corrected chi connectivity index (χ2v) is 8.37. The zero-order chi connectivity index (χ0) is 28.5. The molecule has 4 aromatic rings. The summed E-state index contributed by atoms with van der Waals surface area (Å²) >= 11 is 0. The van der Waals surface area contributed by atoms with Gasteiger partial charge in [-0.15, -0.1) is 0 Å². The van der Waals surface area contributed by atoms with Gasteiger partial charge in [0.1, 0.15) is 34.8 Å². The summed E-state index contributed by atoms with van der Waals surface area (Å²) in [6, 6.07) is 7.68. The average molecular weight is 548 g/mol. The van der Waals surface area contributed by atoms with Gasteiger partial charge in [0.15, 0.2) is 0 Å². The van der Waals surface area contributed by atoms with Crippen LogP contribution in [0.4, 0.5) is 26.3 Å². The quantitative estimate of drug-likeness (QED) is 0.286. The van der Waals surface area contributed by atoms with E-state index in [1.54, 1.807) is 0 Å². The predicted octanol–water partition coefficient (Wildman–Crippen LogP) is 5.77. The number of aliphatic carboxylic acids is 1. The molecule has 1 aromatic heterocycles. The first-order valence-corrected chi connectivity index (χ1v) is 11.2. The normalized spacial score (nSPS) is 12.3. The Kier molecular flexibility index (Phi) is 7.48. The van der Waals surface area contributed by atoms with Crippen molar-refractivity contribution in [3.05, 3.63) is 94.9 Å². The number of hydrogen-bond acceptors (Lipinski definition) is 4. The molecule has 1 amide bonds. The first-order valence-electron chi connectivity index (χ1n) is 11.2. The Hall–Kier alpha value is -4.61. The summed E-state index contributed by atoms with van der Waals surface area (Å²) < 4.78 is 88.7. The van der Waals surface area contributed by atoms with Gasteiger partial charge in [-0.25, -0.2) is 18.0 Å². The minimum absolute atomic E-state index is 0.0148. The van der Waals surface area contributed by atoms with E-state index in [1.807, 2.05) is 0 Å². The number of benzene rings is 3. The minimum Gasteiger partial charge on any atom is -0.496 e. The molecule has 2 N–H and O–H groups in total. The third-order valence-corrected chi connectivity index (χ3v) is 5.94. The fourth-order valence-electron chi connectivity index (χ4n) is 4.22. The molecule has 0 spiro atoms. The smallest absolute Gasteiger partial charge is 0.417 e. The number of nitrogens with zero attached hydrogens (tertiary/aromatic N) is 1. The van der Waals surface area contributed by atoms with Crippen molar-refractivity contribution in [2.75, 3.05) is 7.11 Å².